The van der Waals surface area contributed by atoms with E-state index in [1.165, 1.54) is 0 Å². The SMILES string of the molecule is Nc1c(Cl)cc(C[C@@H](CC(=O)O)C(=O)O)cc1Br. The molecule has 1 atom stereocenters. The zero-order valence-electron chi connectivity index (χ0n) is 9.19. The standard InChI is InChI=1S/C11H11BrClNO4/c12-7-2-5(3-8(13)10(7)14)1-6(11(17)18)4-9(15)16/h2-3,6H,1,4,14H2,(H,15,16)(H,17,18)/t6-/m0/s1. The highest BCUT2D eigenvalue weighted by Gasteiger charge is 2.22. The Morgan fingerprint density at radius 1 is 1.39 bits per heavy atom. The Bertz CT molecular complexity index is 469. The predicted octanol–water partition coefficient (Wildman–Crippen LogP) is 2.40. The smallest absolute Gasteiger partial charge is 0.307 e. The number of anilines is 1. The van der Waals surface area contributed by atoms with Crippen molar-refractivity contribution in [1.29, 1.82) is 0 Å². The van der Waals surface area contributed by atoms with Crippen molar-refractivity contribution >= 4 is 45.2 Å². The fourth-order valence-corrected chi connectivity index (χ4v) is 2.36. The molecule has 0 fully saturated rings. The van der Waals surface area contributed by atoms with Crippen LogP contribution in [0.15, 0.2) is 16.6 Å². The molecule has 0 bridgehead atoms. The molecule has 0 spiro atoms. The summed E-state index contributed by atoms with van der Waals surface area (Å²) in [6, 6.07) is 3.18. The summed E-state index contributed by atoms with van der Waals surface area (Å²) in [5.41, 5.74) is 6.62. The number of nitrogen functional groups attached to an aromatic ring is 1. The van der Waals surface area contributed by atoms with Crippen LogP contribution in [-0.2, 0) is 16.0 Å². The molecule has 0 unspecified atom stereocenters. The van der Waals surface area contributed by atoms with E-state index in [4.69, 9.17) is 27.5 Å². The van der Waals surface area contributed by atoms with Crippen molar-refractivity contribution in [3.05, 3.63) is 27.2 Å². The van der Waals surface area contributed by atoms with Gasteiger partial charge in [-0.05, 0) is 40.0 Å². The van der Waals surface area contributed by atoms with Crippen LogP contribution in [0, 0.1) is 5.92 Å². The third-order valence-electron chi connectivity index (χ3n) is 2.39. The van der Waals surface area contributed by atoms with Crippen molar-refractivity contribution in [2.75, 3.05) is 5.73 Å². The third kappa shape index (κ3) is 3.89. The Hall–Kier alpha value is -1.27. The van der Waals surface area contributed by atoms with Crippen LogP contribution in [-0.4, -0.2) is 22.2 Å². The second-order valence-electron chi connectivity index (χ2n) is 3.81. The quantitative estimate of drug-likeness (QED) is 0.717. The Balaban J connectivity index is 2.94. The van der Waals surface area contributed by atoms with E-state index in [9.17, 15) is 9.59 Å². The molecule has 0 aliphatic carbocycles. The Morgan fingerprint density at radius 3 is 2.44 bits per heavy atom. The van der Waals surface area contributed by atoms with Crippen molar-refractivity contribution in [2.24, 2.45) is 5.92 Å². The molecule has 7 heteroatoms. The van der Waals surface area contributed by atoms with Crippen LogP contribution >= 0.6 is 27.5 Å². The van der Waals surface area contributed by atoms with Gasteiger partial charge in [-0.3, -0.25) is 9.59 Å². The molecule has 0 saturated heterocycles. The van der Waals surface area contributed by atoms with Crippen LogP contribution in [0.3, 0.4) is 0 Å². The molecule has 0 radical (unpaired) electrons. The zero-order chi connectivity index (χ0) is 13.9. The molecule has 0 amide bonds. The van der Waals surface area contributed by atoms with Gasteiger partial charge in [-0.25, -0.2) is 0 Å². The van der Waals surface area contributed by atoms with E-state index >= 15 is 0 Å². The average molecular weight is 337 g/mol. The van der Waals surface area contributed by atoms with Gasteiger partial charge in [-0.1, -0.05) is 11.6 Å². The van der Waals surface area contributed by atoms with Crippen molar-refractivity contribution in [1.82, 2.24) is 0 Å². The molecule has 1 rings (SSSR count). The normalized spacial score (nSPS) is 12.1. The van der Waals surface area contributed by atoms with E-state index in [1.807, 2.05) is 0 Å². The zero-order valence-corrected chi connectivity index (χ0v) is 11.5. The maximum Gasteiger partial charge on any atom is 0.307 e. The Morgan fingerprint density at radius 2 is 2.00 bits per heavy atom. The van der Waals surface area contributed by atoms with E-state index in [0.29, 0.717) is 20.7 Å². The van der Waals surface area contributed by atoms with Crippen molar-refractivity contribution < 1.29 is 19.8 Å². The minimum atomic E-state index is -1.15. The summed E-state index contributed by atoms with van der Waals surface area (Å²) >= 11 is 9.07. The van der Waals surface area contributed by atoms with Gasteiger partial charge in [0, 0.05) is 4.47 Å². The summed E-state index contributed by atoms with van der Waals surface area (Å²) in [7, 11) is 0. The van der Waals surface area contributed by atoms with Crippen LogP contribution < -0.4 is 5.73 Å². The van der Waals surface area contributed by atoms with Crippen LogP contribution in [0.2, 0.25) is 5.02 Å². The second-order valence-corrected chi connectivity index (χ2v) is 5.07. The van der Waals surface area contributed by atoms with Crippen molar-refractivity contribution in [3.63, 3.8) is 0 Å². The molecule has 4 N–H and O–H groups in total. The minimum absolute atomic E-state index is 0.0836. The first-order valence-electron chi connectivity index (χ1n) is 4.99. The number of halogens is 2. The number of nitrogens with two attached hydrogens (primary N) is 1. The molecule has 0 heterocycles. The average Bonchev–Trinajstić information content (AvgIpc) is 2.24. The fraction of sp³-hybridized carbons (Fsp3) is 0.273. The fourth-order valence-electron chi connectivity index (χ4n) is 1.50. The first-order valence-corrected chi connectivity index (χ1v) is 6.16. The molecular weight excluding hydrogens is 325 g/mol. The number of hydrogen-bond donors (Lipinski definition) is 3. The number of carboxylic acid groups (broad SMARTS) is 2. The molecule has 0 aliphatic heterocycles. The number of carboxylic acids is 2. The molecule has 98 valence electrons. The number of benzene rings is 1. The minimum Gasteiger partial charge on any atom is -0.481 e. The number of hydrogen-bond acceptors (Lipinski definition) is 3. The first kappa shape index (κ1) is 14.8. The molecule has 5 nitrogen and oxygen atoms in total. The molecule has 1 aromatic rings. The molecule has 18 heavy (non-hydrogen) atoms. The predicted molar refractivity (Wildman–Crippen MR) is 70.6 cm³/mol. The molecular formula is C11H11BrClNO4. The van der Waals surface area contributed by atoms with Crippen LogP contribution in [0.4, 0.5) is 5.69 Å². The van der Waals surface area contributed by atoms with Crippen molar-refractivity contribution in [2.45, 2.75) is 12.8 Å². The van der Waals surface area contributed by atoms with Gasteiger partial charge in [0.05, 0.1) is 23.0 Å². The summed E-state index contributed by atoms with van der Waals surface area (Å²) in [4.78, 5) is 21.5. The second kappa shape index (κ2) is 6.06. The van der Waals surface area contributed by atoms with Gasteiger partial charge >= 0.3 is 11.9 Å². The van der Waals surface area contributed by atoms with Gasteiger partial charge in [-0.15, -0.1) is 0 Å². The topological polar surface area (TPSA) is 101 Å². The van der Waals surface area contributed by atoms with E-state index in [2.05, 4.69) is 15.9 Å². The lowest BCUT2D eigenvalue weighted by Crippen LogP contribution is -2.20. The van der Waals surface area contributed by atoms with E-state index in [-0.39, 0.29) is 6.42 Å². The lowest BCUT2D eigenvalue weighted by molar-refractivity contribution is -0.148. The summed E-state index contributed by atoms with van der Waals surface area (Å²) in [6.07, 6.45) is -0.352. The van der Waals surface area contributed by atoms with Gasteiger partial charge in [0.15, 0.2) is 0 Å². The van der Waals surface area contributed by atoms with E-state index in [1.54, 1.807) is 12.1 Å². The monoisotopic (exact) mass is 335 g/mol. The van der Waals surface area contributed by atoms with Gasteiger partial charge in [0.2, 0.25) is 0 Å². The van der Waals surface area contributed by atoms with E-state index < -0.39 is 24.3 Å². The summed E-state index contributed by atoms with van der Waals surface area (Å²) < 4.78 is 0.560. The lowest BCUT2D eigenvalue weighted by Gasteiger charge is -2.11. The molecule has 0 saturated carbocycles. The highest BCUT2D eigenvalue weighted by atomic mass is 79.9. The molecule has 1 aromatic carbocycles. The maximum absolute atomic E-state index is 10.9. The Labute approximate surface area is 117 Å². The van der Waals surface area contributed by atoms with Gasteiger partial charge in [-0.2, -0.15) is 0 Å². The lowest BCUT2D eigenvalue weighted by atomic mass is 9.96. The maximum atomic E-state index is 10.9. The van der Waals surface area contributed by atoms with Crippen molar-refractivity contribution in [3.8, 4) is 0 Å². The highest BCUT2D eigenvalue weighted by molar-refractivity contribution is 9.10. The number of rotatable bonds is 5. The van der Waals surface area contributed by atoms with E-state index in [0.717, 1.165) is 0 Å². The first-order chi connectivity index (χ1) is 8.31. The molecule has 0 aliphatic rings. The van der Waals surface area contributed by atoms with Crippen LogP contribution in [0.1, 0.15) is 12.0 Å². The van der Waals surface area contributed by atoms with Gasteiger partial charge < -0.3 is 15.9 Å². The highest BCUT2D eigenvalue weighted by Crippen LogP contribution is 2.30. The molecule has 0 aromatic heterocycles. The Kier molecular flexibility index (Phi) is 4.98. The summed E-state index contributed by atoms with van der Waals surface area (Å²) in [6.45, 7) is 0. The van der Waals surface area contributed by atoms with Gasteiger partial charge in [0.25, 0.3) is 0 Å². The number of aliphatic carboxylic acids is 2. The third-order valence-corrected chi connectivity index (χ3v) is 3.36. The number of carbonyl (C=O) groups is 2. The largest absolute Gasteiger partial charge is 0.481 e. The van der Waals surface area contributed by atoms with Crippen LogP contribution in [0.25, 0.3) is 0 Å². The van der Waals surface area contributed by atoms with Gasteiger partial charge in [0.1, 0.15) is 0 Å². The van der Waals surface area contributed by atoms with Crippen LogP contribution in [0.5, 0.6) is 0 Å². The summed E-state index contributed by atoms with van der Waals surface area (Å²) in [5, 5.41) is 17.9. The summed E-state index contributed by atoms with van der Waals surface area (Å²) in [5.74, 6) is -3.29.